The number of primary amides is 1. The van der Waals surface area contributed by atoms with E-state index in [-0.39, 0.29) is 13.2 Å². The Morgan fingerprint density at radius 1 is 1.73 bits per heavy atom. The molecule has 7 nitrogen and oxygen atoms in total. The van der Waals surface area contributed by atoms with E-state index < -0.39 is 11.1 Å². The van der Waals surface area contributed by atoms with Crippen LogP contribution in [-0.2, 0) is 4.84 Å². The number of hydrogen-bond acceptors (Lipinski definition) is 4. The Bertz CT molecular complexity index is 132. The summed E-state index contributed by atoms with van der Waals surface area (Å²) in [5.74, 6) is 0. The van der Waals surface area contributed by atoms with Crippen molar-refractivity contribution in [2.45, 2.75) is 6.42 Å². The van der Waals surface area contributed by atoms with Gasteiger partial charge < -0.3 is 15.9 Å². The highest BCUT2D eigenvalue weighted by Gasteiger charge is 1.94. The summed E-state index contributed by atoms with van der Waals surface area (Å²) in [4.78, 5) is 23.6. The number of amides is 2. The standard InChI is InChI=1S/C4H9N3O4/c5-4(8)6-2-1-3-11-7(9)10/h1-3H2,(H3,5,6,8). The van der Waals surface area contributed by atoms with Crippen molar-refractivity contribution in [2.75, 3.05) is 13.2 Å². The van der Waals surface area contributed by atoms with Crippen molar-refractivity contribution in [1.82, 2.24) is 5.32 Å². The molecule has 0 aliphatic heterocycles. The fourth-order valence-electron chi connectivity index (χ4n) is 0.423. The Labute approximate surface area is 62.6 Å². The van der Waals surface area contributed by atoms with Crippen LogP contribution in [0.5, 0.6) is 0 Å². The smallest absolute Gasteiger partial charge is 0.312 e. The molecule has 0 radical (unpaired) electrons. The third-order valence-corrected chi connectivity index (χ3v) is 0.817. The molecule has 0 heterocycles. The zero-order valence-electron chi connectivity index (χ0n) is 5.78. The van der Waals surface area contributed by atoms with Gasteiger partial charge in [0.1, 0.15) is 0 Å². The van der Waals surface area contributed by atoms with Crippen molar-refractivity contribution >= 4 is 6.03 Å². The molecule has 2 amide bonds. The molecule has 0 fully saturated rings. The Kier molecular flexibility index (Phi) is 4.54. The van der Waals surface area contributed by atoms with Crippen molar-refractivity contribution in [3.05, 3.63) is 10.1 Å². The molecule has 0 rings (SSSR count). The molecule has 0 saturated carbocycles. The van der Waals surface area contributed by atoms with Gasteiger partial charge in [-0.05, 0) is 6.42 Å². The highest BCUT2D eigenvalue weighted by atomic mass is 16.9. The topological polar surface area (TPSA) is 107 Å². The van der Waals surface area contributed by atoms with Gasteiger partial charge in [-0.15, -0.1) is 10.1 Å². The summed E-state index contributed by atoms with van der Waals surface area (Å²) in [7, 11) is 0. The van der Waals surface area contributed by atoms with Crippen molar-refractivity contribution in [2.24, 2.45) is 5.73 Å². The van der Waals surface area contributed by atoms with Crippen LogP contribution in [0.2, 0.25) is 0 Å². The zero-order valence-corrected chi connectivity index (χ0v) is 5.78. The molecule has 7 heteroatoms. The van der Waals surface area contributed by atoms with Crippen molar-refractivity contribution in [3.63, 3.8) is 0 Å². The lowest BCUT2D eigenvalue weighted by Crippen LogP contribution is -2.30. The molecule has 0 aliphatic carbocycles. The lowest BCUT2D eigenvalue weighted by molar-refractivity contribution is -0.757. The van der Waals surface area contributed by atoms with E-state index in [4.69, 9.17) is 5.73 Å². The molecule has 0 saturated heterocycles. The third kappa shape index (κ3) is 8.47. The summed E-state index contributed by atoms with van der Waals surface area (Å²) in [6.07, 6.45) is 0.365. The number of urea groups is 1. The van der Waals surface area contributed by atoms with E-state index in [1.807, 2.05) is 0 Å². The maximum atomic E-state index is 10.0. The van der Waals surface area contributed by atoms with Gasteiger partial charge in [-0.2, -0.15) is 0 Å². The van der Waals surface area contributed by atoms with E-state index in [9.17, 15) is 14.9 Å². The van der Waals surface area contributed by atoms with E-state index in [1.165, 1.54) is 0 Å². The minimum absolute atomic E-state index is 0.0344. The molecule has 64 valence electrons. The van der Waals surface area contributed by atoms with E-state index in [2.05, 4.69) is 10.2 Å². The molecule has 11 heavy (non-hydrogen) atoms. The predicted octanol–water partition coefficient (Wildman–Crippen LogP) is -0.747. The van der Waals surface area contributed by atoms with Crippen LogP contribution in [-0.4, -0.2) is 24.3 Å². The third-order valence-electron chi connectivity index (χ3n) is 0.817. The second-order valence-electron chi connectivity index (χ2n) is 1.70. The average molecular weight is 163 g/mol. The number of carbonyl (C=O) groups is 1. The van der Waals surface area contributed by atoms with Crippen molar-refractivity contribution in [1.29, 1.82) is 0 Å². The van der Waals surface area contributed by atoms with E-state index >= 15 is 0 Å². The predicted molar refractivity (Wildman–Crippen MR) is 35.1 cm³/mol. The first-order valence-electron chi connectivity index (χ1n) is 2.93. The molecular weight excluding hydrogens is 154 g/mol. The van der Waals surface area contributed by atoms with Gasteiger partial charge in [0.05, 0.1) is 6.61 Å². The van der Waals surface area contributed by atoms with E-state index in [0.29, 0.717) is 6.42 Å². The highest BCUT2D eigenvalue weighted by molar-refractivity contribution is 5.71. The van der Waals surface area contributed by atoms with Gasteiger partial charge in [0.2, 0.25) is 0 Å². The second-order valence-corrected chi connectivity index (χ2v) is 1.70. The lowest BCUT2D eigenvalue weighted by atomic mass is 10.4. The molecule has 0 atom stereocenters. The number of carbonyl (C=O) groups excluding carboxylic acids is 1. The zero-order chi connectivity index (χ0) is 8.69. The normalized spacial score (nSPS) is 8.73. The van der Waals surface area contributed by atoms with Crippen LogP contribution in [0.1, 0.15) is 6.42 Å². The maximum absolute atomic E-state index is 10.0. The minimum Gasteiger partial charge on any atom is -0.352 e. The molecule has 0 bridgehead atoms. The molecule has 0 aromatic rings. The second kappa shape index (κ2) is 5.27. The number of hydrogen-bond donors (Lipinski definition) is 2. The first-order valence-corrected chi connectivity index (χ1v) is 2.93. The number of rotatable bonds is 5. The summed E-state index contributed by atoms with van der Waals surface area (Å²) >= 11 is 0. The van der Waals surface area contributed by atoms with Crippen LogP contribution in [0.4, 0.5) is 4.79 Å². The first kappa shape index (κ1) is 9.47. The molecule has 0 aliphatic rings. The number of nitrogens with two attached hydrogens (primary N) is 1. The van der Waals surface area contributed by atoms with Gasteiger partial charge in [-0.25, -0.2) is 4.79 Å². The summed E-state index contributed by atoms with van der Waals surface area (Å²) in [5, 5.41) is 10.9. The monoisotopic (exact) mass is 163 g/mol. The van der Waals surface area contributed by atoms with Crippen LogP contribution in [0.3, 0.4) is 0 Å². The summed E-state index contributed by atoms with van der Waals surface area (Å²) in [6, 6.07) is -0.647. The highest BCUT2D eigenvalue weighted by Crippen LogP contribution is 1.80. The van der Waals surface area contributed by atoms with Crippen LogP contribution in [0.25, 0.3) is 0 Å². The Hall–Kier alpha value is -1.53. The fraction of sp³-hybridized carbons (Fsp3) is 0.750. The quantitative estimate of drug-likeness (QED) is 0.316. The van der Waals surface area contributed by atoms with Gasteiger partial charge in [0.15, 0.2) is 0 Å². The lowest BCUT2D eigenvalue weighted by Gasteiger charge is -1.99. The van der Waals surface area contributed by atoms with Crippen molar-refractivity contribution in [3.8, 4) is 0 Å². The number of nitrogens with zero attached hydrogens (tertiary/aromatic N) is 1. The summed E-state index contributed by atoms with van der Waals surface area (Å²) < 4.78 is 0. The summed E-state index contributed by atoms with van der Waals surface area (Å²) in [5.41, 5.74) is 4.71. The molecular formula is C4H9N3O4. The fourth-order valence-corrected chi connectivity index (χ4v) is 0.423. The van der Waals surface area contributed by atoms with Gasteiger partial charge in [0.25, 0.3) is 5.09 Å². The molecule has 0 aromatic heterocycles. The minimum atomic E-state index is -0.885. The van der Waals surface area contributed by atoms with Crippen molar-refractivity contribution < 1.29 is 14.7 Å². The number of nitrogens with one attached hydrogen (secondary N) is 1. The SMILES string of the molecule is NC(=O)NCCCO[N+](=O)[O-]. The van der Waals surface area contributed by atoms with Crippen LogP contribution >= 0.6 is 0 Å². The average Bonchev–Trinajstić information content (AvgIpc) is 1.85. The molecule has 0 unspecified atom stereocenters. The van der Waals surface area contributed by atoms with E-state index in [1.54, 1.807) is 0 Å². The Balaban J connectivity index is 3.03. The van der Waals surface area contributed by atoms with Crippen LogP contribution in [0.15, 0.2) is 0 Å². The van der Waals surface area contributed by atoms with Gasteiger partial charge >= 0.3 is 6.03 Å². The largest absolute Gasteiger partial charge is 0.352 e. The van der Waals surface area contributed by atoms with Crippen LogP contribution in [0, 0.1) is 10.1 Å². The molecule has 3 N–H and O–H groups in total. The van der Waals surface area contributed by atoms with Gasteiger partial charge in [0, 0.05) is 6.54 Å². The molecule has 0 aromatic carbocycles. The Morgan fingerprint density at radius 2 is 2.36 bits per heavy atom. The maximum Gasteiger partial charge on any atom is 0.312 e. The van der Waals surface area contributed by atoms with Gasteiger partial charge in [-0.1, -0.05) is 0 Å². The van der Waals surface area contributed by atoms with E-state index in [0.717, 1.165) is 0 Å². The Morgan fingerprint density at radius 3 is 2.82 bits per heavy atom. The summed E-state index contributed by atoms with van der Waals surface area (Å²) in [6.45, 7) is 0.246. The van der Waals surface area contributed by atoms with Gasteiger partial charge in [-0.3, -0.25) is 0 Å². The van der Waals surface area contributed by atoms with Crippen LogP contribution < -0.4 is 11.1 Å². The molecule has 0 spiro atoms. The first-order chi connectivity index (χ1) is 5.13.